The molecule has 2 fully saturated rings. The third kappa shape index (κ3) is 3.75. The smallest absolute Gasteiger partial charge is 0.414 e. The summed E-state index contributed by atoms with van der Waals surface area (Å²) in [6.45, 7) is 1.35. The van der Waals surface area contributed by atoms with E-state index in [-0.39, 0.29) is 25.4 Å². The average molecular weight is 385 g/mol. The summed E-state index contributed by atoms with van der Waals surface area (Å²) in [4.78, 5) is 25.6. The first kappa shape index (κ1) is 18.5. The van der Waals surface area contributed by atoms with Crippen LogP contribution >= 0.6 is 12.2 Å². The molecule has 0 aromatic heterocycles. The van der Waals surface area contributed by atoms with Gasteiger partial charge in [0.2, 0.25) is 0 Å². The molecule has 1 aromatic carbocycles. The zero-order valence-electron chi connectivity index (χ0n) is 13.7. The van der Waals surface area contributed by atoms with Crippen molar-refractivity contribution in [2.75, 3.05) is 42.6 Å². The topological polar surface area (TPSA) is 71.1 Å². The first-order chi connectivity index (χ1) is 12.5. The highest BCUT2D eigenvalue weighted by Gasteiger charge is 2.35. The molecular formula is C16H17F2N3O4S. The van der Waals surface area contributed by atoms with E-state index < -0.39 is 35.6 Å². The lowest BCUT2D eigenvalue weighted by Gasteiger charge is -2.18. The molecule has 140 valence electrons. The van der Waals surface area contributed by atoms with Gasteiger partial charge in [0.1, 0.15) is 18.4 Å². The number of benzene rings is 1. The molecule has 0 spiro atoms. The molecule has 2 heterocycles. The minimum absolute atomic E-state index is 0.0303. The second-order valence-corrected chi connectivity index (χ2v) is 6.13. The molecule has 1 N–H and O–H groups in total. The zero-order chi connectivity index (χ0) is 18.7. The van der Waals surface area contributed by atoms with Crippen LogP contribution in [0.5, 0.6) is 0 Å². The van der Waals surface area contributed by atoms with Gasteiger partial charge in [-0.1, -0.05) is 12.2 Å². The van der Waals surface area contributed by atoms with Crippen molar-refractivity contribution in [1.29, 1.82) is 0 Å². The van der Waals surface area contributed by atoms with Crippen molar-refractivity contribution in [1.82, 2.24) is 5.32 Å². The standard InChI is InChI=1S/C16H17F2N3O4S/c17-12-6-10(7-13(18)14(12)20-3-4-24-15(20)22)21-9-11(25-16(21)23)8-19-2-1-5-26/h5-7,11,19H,1-4,8-9H2/t11-/m0/s1. The van der Waals surface area contributed by atoms with Gasteiger partial charge in [0.15, 0.2) is 11.6 Å². The molecule has 2 saturated heterocycles. The Morgan fingerprint density at radius 3 is 2.58 bits per heavy atom. The number of carbonyl (C=O) groups excluding carboxylic acids is 2. The molecule has 0 bridgehead atoms. The van der Waals surface area contributed by atoms with Crippen LogP contribution in [0.2, 0.25) is 0 Å². The number of anilines is 2. The van der Waals surface area contributed by atoms with Crippen molar-refractivity contribution < 1.29 is 27.8 Å². The summed E-state index contributed by atoms with van der Waals surface area (Å²) < 4.78 is 38.7. The largest absolute Gasteiger partial charge is 0.447 e. The monoisotopic (exact) mass is 385 g/mol. The van der Waals surface area contributed by atoms with Crippen molar-refractivity contribution in [3.63, 3.8) is 0 Å². The number of thiocarbonyl (C=S) groups is 1. The molecule has 10 heteroatoms. The molecule has 26 heavy (non-hydrogen) atoms. The summed E-state index contributed by atoms with van der Waals surface area (Å²) in [5.41, 5.74) is -0.454. The Bertz CT molecular complexity index is 710. The van der Waals surface area contributed by atoms with Crippen molar-refractivity contribution in [3.8, 4) is 0 Å². The van der Waals surface area contributed by atoms with E-state index in [2.05, 4.69) is 5.32 Å². The van der Waals surface area contributed by atoms with Crippen LogP contribution in [0.4, 0.5) is 29.7 Å². The number of carbonyl (C=O) groups is 2. The molecule has 1 atom stereocenters. The van der Waals surface area contributed by atoms with E-state index in [1.165, 1.54) is 0 Å². The van der Waals surface area contributed by atoms with Crippen LogP contribution in [0.3, 0.4) is 0 Å². The van der Waals surface area contributed by atoms with E-state index in [1.807, 2.05) is 0 Å². The molecule has 2 amide bonds. The fourth-order valence-electron chi connectivity index (χ4n) is 2.83. The number of hydrogen-bond acceptors (Lipinski definition) is 6. The highest BCUT2D eigenvalue weighted by Crippen LogP contribution is 2.32. The van der Waals surface area contributed by atoms with E-state index in [1.54, 1.807) is 5.37 Å². The molecule has 0 unspecified atom stereocenters. The van der Waals surface area contributed by atoms with Gasteiger partial charge >= 0.3 is 12.2 Å². The molecule has 3 rings (SSSR count). The van der Waals surface area contributed by atoms with Gasteiger partial charge in [0.05, 0.1) is 18.8 Å². The van der Waals surface area contributed by atoms with Crippen LogP contribution in [0.1, 0.15) is 6.42 Å². The number of cyclic esters (lactones) is 2. The molecule has 0 saturated carbocycles. The third-order valence-corrected chi connectivity index (χ3v) is 4.26. The maximum Gasteiger partial charge on any atom is 0.414 e. The molecule has 0 radical (unpaired) electrons. The SMILES string of the molecule is O=C1O[C@@H](CNCCC=S)CN1c1cc(F)c(N2CCOC2=O)c(F)c1. The maximum absolute atomic E-state index is 14.4. The van der Waals surface area contributed by atoms with Crippen LogP contribution in [-0.2, 0) is 9.47 Å². The maximum atomic E-state index is 14.4. The van der Waals surface area contributed by atoms with Crippen LogP contribution < -0.4 is 15.1 Å². The normalized spacial score (nSPS) is 19.7. The Morgan fingerprint density at radius 2 is 1.96 bits per heavy atom. The average Bonchev–Trinajstić information content (AvgIpc) is 3.17. The number of amides is 2. The van der Waals surface area contributed by atoms with Crippen molar-refractivity contribution in [2.45, 2.75) is 12.5 Å². The lowest BCUT2D eigenvalue weighted by molar-refractivity contribution is 0.140. The Hall–Kier alpha value is -2.33. The number of halogens is 2. The summed E-state index contributed by atoms with van der Waals surface area (Å²) in [6.07, 6.45) is -1.22. The van der Waals surface area contributed by atoms with Crippen LogP contribution in [0.25, 0.3) is 0 Å². The van der Waals surface area contributed by atoms with Gasteiger partial charge in [-0.15, -0.1) is 0 Å². The Balaban J connectivity index is 1.72. The molecular weight excluding hydrogens is 368 g/mol. The number of rotatable bonds is 7. The van der Waals surface area contributed by atoms with Gasteiger partial charge in [0, 0.05) is 18.7 Å². The minimum Gasteiger partial charge on any atom is -0.447 e. The zero-order valence-corrected chi connectivity index (χ0v) is 14.6. The first-order valence-corrected chi connectivity index (χ1v) is 8.54. The molecule has 0 aliphatic carbocycles. The Morgan fingerprint density at radius 1 is 1.23 bits per heavy atom. The highest BCUT2D eigenvalue weighted by atomic mass is 32.1. The number of hydrogen-bond donors (Lipinski definition) is 1. The van der Waals surface area contributed by atoms with Crippen molar-refractivity contribution >= 4 is 41.1 Å². The van der Waals surface area contributed by atoms with Gasteiger partial charge in [0.25, 0.3) is 0 Å². The van der Waals surface area contributed by atoms with E-state index >= 15 is 0 Å². The van der Waals surface area contributed by atoms with Crippen molar-refractivity contribution in [2.24, 2.45) is 0 Å². The molecule has 2 aliphatic rings. The van der Waals surface area contributed by atoms with Crippen LogP contribution in [0.15, 0.2) is 12.1 Å². The predicted molar refractivity (Wildman–Crippen MR) is 93.8 cm³/mol. The predicted octanol–water partition coefficient (Wildman–Crippen LogP) is 2.23. The molecule has 1 aromatic rings. The lowest BCUT2D eigenvalue weighted by atomic mass is 10.2. The van der Waals surface area contributed by atoms with Gasteiger partial charge in [-0.25, -0.2) is 18.4 Å². The van der Waals surface area contributed by atoms with Gasteiger partial charge in [-0.2, -0.15) is 0 Å². The van der Waals surface area contributed by atoms with Crippen molar-refractivity contribution in [3.05, 3.63) is 23.8 Å². The number of nitrogens with one attached hydrogen (secondary N) is 1. The van der Waals surface area contributed by atoms with E-state index in [9.17, 15) is 18.4 Å². The van der Waals surface area contributed by atoms with Gasteiger partial charge in [-0.05, 0) is 18.3 Å². The van der Waals surface area contributed by atoms with E-state index in [0.717, 1.165) is 21.9 Å². The molecule has 7 nitrogen and oxygen atoms in total. The summed E-state index contributed by atoms with van der Waals surface area (Å²) >= 11 is 4.72. The minimum atomic E-state index is -0.950. The fraction of sp³-hybridized carbons (Fsp3) is 0.438. The second kappa shape index (κ2) is 7.92. The summed E-state index contributed by atoms with van der Waals surface area (Å²) in [5, 5.41) is 4.69. The number of nitrogens with zero attached hydrogens (tertiary/aromatic N) is 2. The first-order valence-electron chi connectivity index (χ1n) is 8.07. The van der Waals surface area contributed by atoms with Gasteiger partial charge < -0.3 is 14.8 Å². The summed E-state index contributed by atoms with van der Waals surface area (Å²) in [6, 6.07) is 2.01. The van der Waals surface area contributed by atoms with E-state index in [0.29, 0.717) is 19.5 Å². The van der Waals surface area contributed by atoms with E-state index in [4.69, 9.17) is 21.7 Å². The fourth-order valence-corrected chi connectivity index (χ4v) is 2.94. The highest BCUT2D eigenvalue weighted by molar-refractivity contribution is 7.78. The molecule has 2 aliphatic heterocycles. The van der Waals surface area contributed by atoms with Crippen LogP contribution in [0, 0.1) is 11.6 Å². The Labute approximate surface area is 153 Å². The quantitative estimate of drug-likeness (QED) is 0.573. The van der Waals surface area contributed by atoms with Crippen LogP contribution in [-0.4, -0.2) is 56.4 Å². The Kier molecular flexibility index (Phi) is 5.62. The summed E-state index contributed by atoms with van der Waals surface area (Å²) in [7, 11) is 0. The third-order valence-electron chi connectivity index (χ3n) is 4.03. The lowest BCUT2D eigenvalue weighted by Crippen LogP contribution is -2.31. The van der Waals surface area contributed by atoms with Gasteiger partial charge in [-0.3, -0.25) is 9.80 Å². The number of ether oxygens (including phenoxy) is 2. The summed E-state index contributed by atoms with van der Waals surface area (Å²) in [5.74, 6) is -1.90. The second-order valence-electron chi connectivity index (χ2n) is 5.80.